The number of halogens is 3. The molecule has 4 aromatic rings. The maximum Gasteiger partial charge on any atom is 0.416 e. The highest BCUT2D eigenvalue weighted by atomic mass is 19.4. The predicted molar refractivity (Wildman–Crippen MR) is 129 cm³/mol. The van der Waals surface area contributed by atoms with Gasteiger partial charge in [0.2, 0.25) is 0 Å². The fourth-order valence-corrected chi connectivity index (χ4v) is 3.68. The Morgan fingerprint density at radius 3 is 2.33 bits per heavy atom. The van der Waals surface area contributed by atoms with Crippen LogP contribution in [-0.4, -0.2) is 45.9 Å². The van der Waals surface area contributed by atoms with E-state index in [0.29, 0.717) is 23.8 Å². The van der Waals surface area contributed by atoms with Crippen molar-refractivity contribution < 1.29 is 22.7 Å². The molecule has 2 aromatic heterocycles. The molecule has 2 heterocycles. The summed E-state index contributed by atoms with van der Waals surface area (Å²) in [5.74, 6) is 0.544. The Morgan fingerprint density at radius 2 is 1.69 bits per heavy atom. The molecule has 1 amide bonds. The van der Waals surface area contributed by atoms with Gasteiger partial charge < -0.3 is 15.4 Å². The van der Waals surface area contributed by atoms with Gasteiger partial charge in [-0.2, -0.15) is 18.3 Å². The number of aryl methyl sites for hydroxylation is 2. The molecular formula is C25H25F3N6O2. The molecule has 0 saturated carbocycles. The van der Waals surface area contributed by atoms with E-state index in [2.05, 4.69) is 25.7 Å². The summed E-state index contributed by atoms with van der Waals surface area (Å²) in [6.45, 7) is 4.61. The molecule has 0 fully saturated rings. The molecule has 11 heteroatoms. The lowest BCUT2D eigenvalue weighted by molar-refractivity contribution is -0.137. The lowest BCUT2D eigenvalue weighted by Gasteiger charge is -2.11. The lowest BCUT2D eigenvalue weighted by Crippen LogP contribution is -2.29. The van der Waals surface area contributed by atoms with Crippen LogP contribution in [0.25, 0.3) is 16.7 Å². The second-order valence-electron chi connectivity index (χ2n) is 8.21. The second-order valence-corrected chi connectivity index (χ2v) is 8.21. The van der Waals surface area contributed by atoms with Gasteiger partial charge in [0.1, 0.15) is 12.4 Å². The molecular weight excluding hydrogens is 473 g/mol. The van der Waals surface area contributed by atoms with E-state index in [4.69, 9.17) is 4.74 Å². The van der Waals surface area contributed by atoms with Gasteiger partial charge in [0.15, 0.2) is 11.5 Å². The molecule has 0 aliphatic heterocycles. The van der Waals surface area contributed by atoms with Gasteiger partial charge in [0.25, 0.3) is 5.91 Å². The Bertz CT molecular complexity index is 1370. The molecule has 0 radical (unpaired) electrons. The second kappa shape index (κ2) is 10.3. The fourth-order valence-electron chi connectivity index (χ4n) is 3.68. The zero-order chi connectivity index (χ0) is 25.9. The number of nitrogens with one attached hydrogen (secondary N) is 2. The SMILES string of the molecule is COCc1nc(NCCNC(=O)c2ccc(C(F)(F)F)cc2)c2c(C)nn(-c3ccc(C)cc3)c2n1. The maximum absolute atomic E-state index is 12.7. The minimum Gasteiger partial charge on any atom is -0.377 e. The molecule has 0 saturated heterocycles. The summed E-state index contributed by atoms with van der Waals surface area (Å²) in [6.07, 6.45) is -4.45. The molecule has 2 aromatic carbocycles. The number of rotatable bonds is 8. The summed E-state index contributed by atoms with van der Waals surface area (Å²) in [5.41, 5.74) is 2.67. The van der Waals surface area contributed by atoms with Crippen LogP contribution in [0.4, 0.5) is 19.0 Å². The predicted octanol–water partition coefficient (Wildman–Crippen LogP) is 4.44. The van der Waals surface area contributed by atoms with Crippen molar-refractivity contribution >= 4 is 22.8 Å². The first kappa shape index (κ1) is 25.1. The highest BCUT2D eigenvalue weighted by Crippen LogP contribution is 2.29. The molecule has 8 nitrogen and oxygen atoms in total. The van der Waals surface area contributed by atoms with Crippen molar-refractivity contribution in [2.75, 3.05) is 25.5 Å². The number of amides is 1. The summed E-state index contributed by atoms with van der Waals surface area (Å²) >= 11 is 0. The molecule has 4 rings (SSSR count). The van der Waals surface area contributed by atoms with Crippen molar-refractivity contribution in [3.8, 4) is 5.69 Å². The minimum atomic E-state index is -4.45. The van der Waals surface area contributed by atoms with Crippen LogP contribution in [0.1, 0.15) is 33.0 Å². The smallest absolute Gasteiger partial charge is 0.377 e. The Balaban J connectivity index is 1.50. The van der Waals surface area contributed by atoms with Gasteiger partial charge in [-0.05, 0) is 50.2 Å². The van der Waals surface area contributed by atoms with Crippen LogP contribution in [-0.2, 0) is 17.5 Å². The standard InChI is InChI=1S/C25H25F3N6O2/c1-15-4-10-19(11-5-15)34-23-21(16(2)33-34)22(31-20(32-23)14-36-3)29-12-13-30-24(35)17-6-8-18(9-7-17)25(26,27)28/h4-11H,12-14H2,1-3H3,(H,30,35)(H,29,31,32). The summed E-state index contributed by atoms with van der Waals surface area (Å²) < 4.78 is 45.2. The maximum atomic E-state index is 12.7. The Hall–Kier alpha value is -3.99. The van der Waals surface area contributed by atoms with Crippen molar-refractivity contribution in [3.63, 3.8) is 0 Å². The highest BCUT2D eigenvalue weighted by molar-refractivity contribution is 5.94. The first-order valence-corrected chi connectivity index (χ1v) is 11.2. The molecule has 0 bridgehead atoms. The Labute approximate surface area is 205 Å². The Kier molecular flexibility index (Phi) is 7.20. The molecule has 0 aliphatic rings. The topological polar surface area (TPSA) is 94.0 Å². The van der Waals surface area contributed by atoms with Gasteiger partial charge >= 0.3 is 6.18 Å². The zero-order valence-electron chi connectivity index (χ0n) is 20.0. The number of carbonyl (C=O) groups is 1. The first-order valence-electron chi connectivity index (χ1n) is 11.2. The molecule has 2 N–H and O–H groups in total. The van der Waals surface area contributed by atoms with Crippen LogP contribution in [0, 0.1) is 13.8 Å². The number of aromatic nitrogens is 4. The largest absolute Gasteiger partial charge is 0.416 e. The average molecular weight is 499 g/mol. The van der Waals surface area contributed by atoms with E-state index in [1.807, 2.05) is 38.1 Å². The molecule has 0 spiro atoms. The van der Waals surface area contributed by atoms with Crippen LogP contribution >= 0.6 is 0 Å². The number of fused-ring (bicyclic) bond motifs is 1. The van der Waals surface area contributed by atoms with E-state index in [1.165, 1.54) is 0 Å². The zero-order valence-corrected chi connectivity index (χ0v) is 20.0. The van der Waals surface area contributed by atoms with Crippen LogP contribution in [0.2, 0.25) is 0 Å². The van der Waals surface area contributed by atoms with Gasteiger partial charge in [-0.1, -0.05) is 17.7 Å². The lowest BCUT2D eigenvalue weighted by atomic mass is 10.1. The third-order valence-corrected chi connectivity index (χ3v) is 5.48. The number of ether oxygens (including phenoxy) is 1. The number of hydrogen-bond acceptors (Lipinski definition) is 6. The van der Waals surface area contributed by atoms with Gasteiger partial charge in [-0.25, -0.2) is 14.6 Å². The minimum absolute atomic E-state index is 0.144. The summed E-state index contributed by atoms with van der Waals surface area (Å²) in [6, 6.07) is 12.0. The van der Waals surface area contributed by atoms with Gasteiger partial charge in [-0.3, -0.25) is 4.79 Å². The van der Waals surface area contributed by atoms with Crippen molar-refractivity contribution in [2.24, 2.45) is 0 Å². The van der Waals surface area contributed by atoms with Gasteiger partial charge in [0.05, 0.1) is 22.3 Å². The molecule has 0 aliphatic carbocycles. The molecule has 0 unspecified atom stereocenters. The quantitative estimate of drug-likeness (QED) is 0.349. The number of alkyl halides is 3. The van der Waals surface area contributed by atoms with Crippen LogP contribution in [0.15, 0.2) is 48.5 Å². The normalized spacial score (nSPS) is 11.6. The van der Waals surface area contributed by atoms with Crippen molar-refractivity contribution in [3.05, 3.63) is 76.7 Å². The molecule has 36 heavy (non-hydrogen) atoms. The number of methoxy groups -OCH3 is 1. The van der Waals surface area contributed by atoms with Crippen molar-refractivity contribution in [1.29, 1.82) is 0 Å². The van der Waals surface area contributed by atoms with Crippen molar-refractivity contribution in [2.45, 2.75) is 26.6 Å². The van der Waals surface area contributed by atoms with Gasteiger partial charge in [-0.15, -0.1) is 0 Å². The van der Waals surface area contributed by atoms with E-state index in [-0.39, 0.29) is 18.7 Å². The third kappa shape index (κ3) is 5.46. The fraction of sp³-hybridized carbons (Fsp3) is 0.280. The van der Waals surface area contributed by atoms with E-state index >= 15 is 0 Å². The average Bonchev–Trinajstić information content (AvgIpc) is 3.18. The summed E-state index contributed by atoms with van der Waals surface area (Å²) in [5, 5.41) is 11.3. The van der Waals surface area contributed by atoms with Crippen LogP contribution in [0.5, 0.6) is 0 Å². The van der Waals surface area contributed by atoms with Gasteiger partial charge in [0, 0.05) is 25.8 Å². The first-order chi connectivity index (χ1) is 17.2. The number of anilines is 1. The van der Waals surface area contributed by atoms with Crippen molar-refractivity contribution in [1.82, 2.24) is 25.1 Å². The highest BCUT2D eigenvalue weighted by Gasteiger charge is 2.30. The van der Waals surface area contributed by atoms with E-state index in [1.54, 1.807) is 11.8 Å². The Morgan fingerprint density at radius 1 is 1.00 bits per heavy atom. The summed E-state index contributed by atoms with van der Waals surface area (Å²) in [7, 11) is 1.56. The van der Waals surface area contributed by atoms with E-state index in [0.717, 1.165) is 46.6 Å². The third-order valence-electron chi connectivity index (χ3n) is 5.48. The number of hydrogen-bond donors (Lipinski definition) is 2. The monoisotopic (exact) mass is 498 g/mol. The van der Waals surface area contributed by atoms with E-state index in [9.17, 15) is 18.0 Å². The number of carbonyl (C=O) groups excluding carboxylic acids is 1. The summed E-state index contributed by atoms with van der Waals surface area (Å²) in [4.78, 5) is 21.5. The van der Waals surface area contributed by atoms with Crippen LogP contribution < -0.4 is 10.6 Å². The molecule has 188 valence electrons. The van der Waals surface area contributed by atoms with E-state index < -0.39 is 17.6 Å². The number of benzene rings is 2. The van der Waals surface area contributed by atoms with Crippen LogP contribution in [0.3, 0.4) is 0 Å². The molecule has 0 atom stereocenters. The number of nitrogens with zero attached hydrogens (tertiary/aromatic N) is 4.